The fraction of sp³-hybridized carbons (Fsp3) is 0.867. The molecule has 0 radical (unpaired) electrons. The molecular formula is C30H50O. The Morgan fingerprint density at radius 1 is 1.06 bits per heavy atom. The molecule has 176 valence electrons. The molecule has 1 heteroatoms. The minimum Gasteiger partial charge on any atom is -0.393 e. The topological polar surface area (TPSA) is 20.2 Å². The normalized spacial score (nSPS) is 45.2. The summed E-state index contributed by atoms with van der Waals surface area (Å²) in [5.74, 6) is 4.49. The predicted molar refractivity (Wildman–Crippen MR) is 133 cm³/mol. The molecule has 0 aliphatic heterocycles. The van der Waals surface area contributed by atoms with Crippen molar-refractivity contribution < 1.29 is 5.11 Å². The van der Waals surface area contributed by atoms with Crippen molar-refractivity contribution >= 4 is 0 Å². The van der Waals surface area contributed by atoms with Gasteiger partial charge < -0.3 is 5.11 Å². The summed E-state index contributed by atoms with van der Waals surface area (Å²) < 4.78 is 0. The van der Waals surface area contributed by atoms with Crippen LogP contribution >= 0.6 is 0 Å². The second-order valence-electron chi connectivity index (χ2n) is 12.8. The van der Waals surface area contributed by atoms with Crippen LogP contribution in [0, 0.1) is 46.3 Å². The van der Waals surface area contributed by atoms with Gasteiger partial charge in [0.25, 0.3) is 0 Å². The van der Waals surface area contributed by atoms with Gasteiger partial charge in [-0.2, -0.15) is 0 Å². The molecule has 3 saturated carbocycles. The van der Waals surface area contributed by atoms with Gasteiger partial charge in [-0.1, -0.05) is 57.4 Å². The minimum atomic E-state index is -0.0765. The fourth-order valence-electron chi connectivity index (χ4n) is 9.30. The monoisotopic (exact) mass is 426 g/mol. The van der Waals surface area contributed by atoms with Gasteiger partial charge in [0.15, 0.2) is 0 Å². The second kappa shape index (κ2) is 8.66. The largest absolute Gasteiger partial charge is 0.393 e. The van der Waals surface area contributed by atoms with Crippen molar-refractivity contribution in [1.29, 1.82) is 0 Å². The highest BCUT2D eigenvalue weighted by Gasteiger charge is 2.59. The average Bonchev–Trinajstić information content (AvgIpc) is 3.08. The zero-order chi connectivity index (χ0) is 22.6. The van der Waals surface area contributed by atoms with Crippen molar-refractivity contribution in [3.63, 3.8) is 0 Å². The Hall–Kier alpha value is -0.560. The van der Waals surface area contributed by atoms with Crippen LogP contribution in [0.3, 0.4) is 0 Å². The Kier molecular flexibility index (Phi) is 6.59. The number of hydrogen-bond acceptors (Lipinski definition) is 1. The van der Waals surface area contributed by atoms with Crippen molar-refractivity contribution in [2.24, 2.45) is 46.3 Å². The Morgan fingerprint density at radius 3 is 2.42 bits per heavy atom. The number of allylic oxidation sites excluding steroid dienone is 4. The maximum absolute atomic E-state index is 10.5. The van der Waals surface area contributed by atoms with E-state index in [-0.39, 0.29) is 6.10 Å². The van der Waals surface area contributed by atoms with Gasteiger partial charge in [-0.3, -0.25) is 0 Å². The summed E-state index contributed by atoms with van der Waals surface area (Å²) in [4.78, 5) is 0. The van der Waals surface area contributed by atoms with Gasteiger partial charge in [0.1, 0.15) is 0 Å². The first-order valence-electron chi connectivity index (χ1n) is 13.7. The fourth-order valence-corrected chi connectivity index (χ4v) is 9.30. The van der Waals surface area contributed by atoms with Crippen LogP contribution in [-0.2, 0) is 0 Å². The molecule has 0 aromatic carbocycles. The van der Waals surface area contributed by atoms with E-state index < -0.39 is 0 Å². The van der Waals surface area contributed by atoms with Crippen LogP contribution in [0.2, 0.25) is 0 Å². The van der Waals surface area contributed by atoms with Crippen LogP contribution in [-0.4, -0.2) is 11.2 Å². The molecule has 4 aliphatic rings. The second-order valence-corrected chi connectivity index (χ2v) is 12.8. The molecule has 0 aromatic rings. The molecule has 0 bridgehead atoms. The molecule has 4 rings (SSSR count). The first-order valence-corrected chi connectivity index (χ1v) is 13.7. The predicted octanol–water partition coefficient (Wildman–Crippen LogP) is 8.34. The smallest absolute Gasteiger partial charge is 0.0568 e. The molecule has 4 aliphatic carbocycles. The molecule has 31 heavy (non-hydrogen) atoms. The van der Waals surface area contributed by atoms with Crippen LogP contribution in [0.25, 0.3) is 0 Å². The molecule has 1 N–H and O–H groups in total. The molecule has 0 spiro atoms. The number of aliphatic hydroxyl groups excluding tert-OH is 1. The summed E-state index contributed by atoms with van der Waals surface area (Å²) in [5, 5.41) is 10.5. The quantitative estimate of drug-likeness (QED) is 0.438. The highest BCUT2D eigenvalue weighted by Crippen LogP contribution is 2.67. The van der Waals surface area contributed by atoms with E-state index in [4.69, 9.17) is 0 Å². The minimum absolute atomic E-state index is 0.0765. The molecule has 0 aromatic heterocycles. The average molecular weight is 427 g/mol. The molecule has 1 nitrogen and oxygen atoms in total. The van der Waals surface area contributed by atoms with E-state index in [9.17, 15) is 5.11 Å². The Morgan fingerprint density at radius 2 is 1.74 bits per heavy atom. The van der Waals surface area contributed by atoms with Gasteiger partial charge >= 0.3 is 0 Å². The summed E-state index contributed by atoms with van der Waals surface area (Å²) in [6.07, 6.45) is 15.7. The Bertz CT molecular complexity index is 727. The van der Waals surface area contributed by atoms with Gasteiger partial charge in [-0.05, 0) is 124 Å². The van der Waals surface area contributed by atoms with Crippen molar-refractivity contribution in [3.05, 3.63) is 22.8 Å². The van der Waals surface area contributed by atoms with Gasteiger partial charge in [0.05, 0.1) is 6.10 Å². The lowest BCUT2D eigenvalue weighted by atomic mass is 9.46. The summed E-state index contributed by atoms with van der Waals surface area (Å²) in [7, 11) is 0. The van der Waals surface area contributed by atoms with Gasteiger partial charge in [-0.15, -0.1) is 0 Å². The molecule has 2 unspecified atom stereocenters. The third-order valence-corrected chi connectivity index (χ3v) is 11.4. The summed E-state index contributed by atoms with van der Waals surface area (Å²) in [6, 6.07) is 0. The van der Waals surface area contributed by atoms with Gasteiger partial charge in [0.2, 0.25) is 0 Å². The van der Waals surface area contributed by atoms with E-state index in [2.05, 4.69) is 54.5 Å². The van der Waals surface area contributed by atoms with E-state index in [1.54, 1.807) is 11.1 Å². The number of aliphatic hydroxyl groups is 1. The van der Waals surface area contributed by atoms with Crippen LogP contribution in [0.15, 0.2) is 22.8 Å². The third-order valence-electron chi connectivity index (χ3n) is 11.4. The molecule has 9 atom stereocenters. The first-order chi connectivity index (χ1) is 14.6. The van der Waals surface area contributed by atoms with Crippen LogP contribution in [0.1, 0.15) is 113 Å². The SMILES string of the molecule is CCC(CC[C@@H](C)[C@H]1CC[C@H]2C3=CCC4[C@H](C)C(O)CC[C@]4(C)[C@H]3CC[C@]12C)=C(C)C. The zero-order valence-electron chi connectivity index (χ0n) is 21.6. The Balaban J connectivity index is 1.52. The van der Waals surface area contributed by atoms with Crippen molar-refractivity contribution in [1.82, 2.24) is 0 Å². The molecule has 0 amide bonds. The molecule has 0 saturated heterocycles. The van der Waals surface area contributed by atoms with E-state index >= 15 is 0 Å². The van der Waals surface area contributed by atoms with Crippen LogP contribution < -0.4 is 0 Å². The Labute approximate surface area is 193 Å². The zero-order valence-corrected chi connectivity index (χ0v) is 21.6. The standard InChI is InChI=1S/C30H50O/c1-8-22(19(2)3)10-9-20(4)24-13-14-26-23-11-12-25-21(5)28(31)16-18-30(25,7)27(23)15-17-29(24,26)6/h11,20-21,24-28,31H,8-10,12-18H2,1-7H3/t20-,21+,24-,25?,26+,27+,28?,29-,30+/m1/s1. The number of fused-ring (bicyclic) bond motifs is 5. The van der Waals surface area contributed by atoms with Crippen molar-refractivity contribution in [3.8, 4) is 0 Å². The summed E-state index contributed by atoms with van der Waals surface area (Å²) in [5.41, 5.74) is 6.05. The van der Waals surface area contributed by atoms with Crippen molar-refractivity contribution in [2.75, 3.05) is 0 Å². The maximum Gasteiger partial charge on any atom is 0.0568 e. The molecule has 0 heterocycles. The first kappa shape index (κ1) is 23.6. The lowest BCUT2D eigenvalue weighted by molar-refractivity contribution is -0.0773. The van der Waals surface area contributed by atoms with Crippen LogP contribution in [0.5, 0.6) is 0 Å². The summed E-state index contributed by atoms with van der Waals surface area (Å²) in [6.45, 7) is 17.1. The van der Waals surface area contributed by atoms with Crippen molar-refractivity contribution in [2.45, 2.75) is 119 Å². The maximum atomic E-state index is 10.5. The number of hydrogen-bond donors (Lipinski definition) is 1. The highest BCUT2D eigenvalue weighted by atomic mass is 16.3. The number of rotatable bonds is 5. The lowest BCUT2D eigenvalue weighted by Gasteiger charge is -2.59. The van der Waals surface area contributed by atoms with Gasteiger partial charge in [-0.25, -0.2) is 0 Å². The third kappa shape index (κ3) is 3.79. The highest BCUT2D eigenvalue weighted by molar-refractivity contribution is 5.28. The summed E-state index contributed by atoms with van der Waals surface area (Å²) >= 11 is 0. The van der Waals surface area contributed by atoms with E-state index in [0.29, 0.717) is 22.7 Å². The van der Waals surface area contributed by atoms with Crippen LogP contribution in [0.4, 0.5) is 0 Å². The van der Waals surface area contributed by atoms with Gasteiger partial charge in [0, 0.05) is 0 Å². The molecule has 3 fully saturated rings. The van der Waals surface area contributed by atoms with E-state index in [1.807, 2.05) is 5.57 Å². The molecular weight excluding hydrogens is 376 g/mol. The van der Waals surface area contributed by atoms with E-state index in [1.165, 1.54) is 57.8 Å². The lowest BCUT2D eigenvalue weighted by Crippen LogP contribution is -2.52. The van der Waals surface area contributed by atoms with E-state index in [0.717, 1.165) is 30.1 Å².